The predicted octanol–water partition coefficient (Wildman–Crippen LogP) is -2.66. The summed E-state index contributed by atoms with van der Waals surface area (Å²) in [6.07, 6.45) is 0. The number of rotatable bonds is 5. The maximum Gasteiger partial charge on any atom is 0.235 e. The summed E-state index contributed by atoms with van der Waals surface area (Å²) in [6, 6.07) is 0. The molecule has 96 valence electrons. The monoisotopic (exact) mass is 246 g/mol. The summed E-state index contributed by atoms with van der Waals surface area (Å²) >= 11 is 0. The Hall–Kier alpha value is -2.04. The Kier molecular flexibility index (Phi) is 7.17. The number of nitrogen functional groups attached to an aromatic ring is 1. The number of nitrogens with zero attached hydrogens (tertiary/aromatic N) is 4. The topological polar surface area (TPSA) is 158 Å². The van der Waals surface area contributed by atoms with Crippen molar-refractivity contribution in [3.63, 3.8) is 0 Å². The first-order chi connectivity index (χ1) is 8.21. The van der Waals surface area contributed by atoms with Gasteiger partial charge in [0.25, 0.3) is 0 Å². The fourth-order valence-electron chi connectivity index (χ4n) is 0.843. The third-order valence-electron chi connectivity index (χ3n) is 1.50. The second-order valence-corrected chi connectivity index (χ2v) is 2.47. The van der Waals surface area contributed by atoms with Crippen LogP contribution in [0.1, 0.15) is 0 Å². The lowest BCUT2D eigenvalue weighted by atomic mass is 10.7. The molecule has 0 fully saturated rings. The molecular formula is C7H14N6O4. The van der Waals surface area contributed by atoms with Gasteiger partial charge in [0.2, 0.25) is 17.8 Å². The lowest BCUT2D eigenvalue weighted by molar-refractivity contribution is -0.0979. The summed E-state index contributed by atoms with van der Waals surface area (Å²) in [5.41, 5.74) is 5.36. The lowest BCUT2D eigenvalue weighted by Gasteiger charge is -2.16. The second-order valence-electron chi connectivity index (χ2n) is 2.47. The SMILES string of the molecule is C=O.Nc1nc(NCO)nc(N(CO)CO)n1. The van der Waals surface area contributed by atoms with Crippen molar-refractivity contribution in [2.24, 2.45) is 0 Å². The predicted molar refractivity (Wildman–Crippen MR) is 58.7 cm³/mol. The number of aromatic nitrogens is 3. The lowest BCUT2D eigenvalue weighted by Crippen LogP contribution is -2.28. The Labute approximate surface area is 96.7 Å². The van der Waals surface area contributed by atoms with E-state index < -0.39 is 13.5 Å². The van der Waals surface area contributed by atoms with Crippen LogP contribution in [0.3, 0.4) is 0 Å². The molecule has 0 aliphatic rings. The van der Waals surface area contributed by atoms with Crippen LogP contribution in [0.15, 0.2) is 0 Å². The number of aliphatic hydroxyl groups excluding tert-OH is 3. The molecule has 0 spiro atoms. The van der Waals surface area contributed by atoms with Gasteiger partial charge in [-0.1, -0.05) is 0 Å². The molecule has 1 heterocycles. The van der Waals surface area contributed by atoms with Crippen molar-refractivity contribution in [2.75, 3.05) is 36.1 Å². The van der Waals surface area contributed by atoms with Crippen molar-refractivity contribution >= 4 is 24.6 Å². The minimum Gasteiger partial charge on any atom is -0.376 e. The zero-order chi connectivity index (χ0) is 13.3. The standard InChI is InChI=1S/C6H12N6O3.CH2O/c7-4-9-5(8-1-13)11-6(10-4)12(2-14)3-15;1-2/h13-15H,1-3H2,(H3,7,8,9,10,11);1H2. The van der Waals surface area contributed by atoms with Crippen LogP contribution in [0, 0.1) is 0 Å². The van der Waals surface area contributed by atoms with Gasteiger partial charge in [0.1, 0.15) is 27.0 Å². The largest absolute Gasteiger partial charge is 0.376 e. The number of carbonyl (C=O) groups excluding carboxylic acids is 1. The molecule has 1 aromatic rings. The number of hydrogen-bond donors (Lipinski definition) is 5. The zero-order valence-corrected chi connectivity index (χ0v) is 8.94. The quantitative estimate of drug-likeness (QED) is 0.347. The third-order valence-corrected chi connectivity index (χ3v) is 1.50. The van der Waals surface area contributed by atoms with Crippen LogP contribution in [-0.2, 0) is 4.79 Å². The van der Waals surface area contributed by atoms with Crippen LogP contribution in [0.2, 0.25) is 0 Å². The van der Waals surface area contributed by atoms with E-state index in [2.05, 4.69) is 20.3 Å². The Morgan fingerprint density at radius 2 is 1.76 bits per heavy atom. The third kappa shape index (κ3) is 4.55. The van der Waals surface area contributed by atoms with Crippen LogP contribution in [0.5, 0.6) is 0 Å². The fraction of sp³-hybridized carbons (Fsp3) is 0.429. The highest BCUT2D eigenvalue weighted by molar-refractivity contribution is 5.40. The number of anilines is 3. The maximum atomic E-state index is 8.85. The first kappa shape index (κ1) is 15.0. The number of carbonyl (C=O) groups is 1. The van der Waals surface area contributed by atoms with Gasteiger partial charge >= 0.3 is 0 Å². The highest BCUT2D eigenvalue weighted by atomic mass is 16.3. The van der Waals surface area contributed by atoms with Gasteiger partial charge in [-0.3, -0.25) is 4.90 Å². The van der Waals surface area contributed by atoms with Gasteiger partial charge in [0.05, 0.1) is 0 Å². The van der Waals surface area contributed by atoms with Crippen molar-refractivity contribution in [3.8, 4) is 0 Å². The van der Waals surface area contributed by atoms with E-state index >= 15 is 0 Å². The second kappa shape index (κ2) is 8.15. The molecule has 17 heavy (non-hydrogen) atoms. The van der Waals surface area contributed by atoms with Gasteiger partial charge in [-0.15, -0.1) is 0 Å². The molecule has 0 atom stereocenters. The van der Waals surface area contributed by atoms with Gasteiger partial charge < -0.3 is 31.2 Å². The number of nitrogens with one attached hydrogen (secondary N) is 1. The van der Waals surface area contributed by atoms with E-state index in [1.54, 1.807) is 0 Å². The summed E-state index contributed by atoms with van der Waals surface area (Å²) in [7, 11) is 0. The molecule has 0 amide bonds. The molecule has 0 bridgehead atoms. The highest BCUT2D eigenvalue weighted by Crippen LogP contribution is 2.10. The van der Waals surface area contributed by atoms with Crippen LogP contribution >= 0.6 is 0 Å². The average Bonchev–Trinajstić information content (AvgIpc) is 2.33. The molecule has 6 N–H and O–H groups in total. The normalized spacial score (nSPS) is 9.12. The van der Waals surface area contributed by atoms with E-state index in [0.717, 1.165) is 4.90 Å². The first-order valence-corrected chi connectivity index (χ1v) is 4.33. The maximum absolute atomic E-state index is 8.85. The van der Waals surface area contributed by atoms with Crippen LogP contribution in [-0.4, -0.2) is 57.3 Å². The Morgan fingerprint density at radius 1 is 1.18 bits per heavy atom. The van der Waals surface area contributed by atoms with Gasteiger partial charge in [-0.05, 0) is 0 Å². The van der Waals surface area contributed by atoms with E-state index in [0.29, 0.717) is 0 Å². The fourth-order valence-corrected chi connectivity index (χ4v) is 0.843. The summed E-state index contributed by atoms with van der Waals surface area (Å²) < 4.78 is 0. The highest BCUT2D eigenvalue weighted by Gasteiger charge is 2.10. The number of nitrogens with two attached hydrogens (primary N) is 1. The summed E-state index contributed by atoms with van der Waals surface area (Å²) in [5.74, 6) is -0.00167. The van der Waals surface area contributed by atoms with Crippen molar-refractivity contribution in [2.45, 2.75) is 0 Å². The van der Waals surface area contributed by atoms with Gasteiger partial charge in [0, 0.05) is 0 Å². The smallest absolute Gasteiger partial charge is 0.235 e. The summed E-state index contributed by atoms with van der Waals surface area (Å²) in [5, 5.41) is 28.7. The Bertz CT molecular complexity index is 334. The Balaban J connectivity index is 0.00000121. The molecule has 0 saturated carbocycles. The van der Waals surface area contributed by atoms with E-state index in [1.807, 2.05) is 6.79 Å². The van der Waals surface area contributed by atoms with Crippen LogP contribution < -0.4 is 16.0 Å². The molecule has 0 aliphatic heterocycles. The van der Waals surface area contributed by atoms with Crippen molar-refractivity contribution in [3.05, 3.63) is 0 Å². The van der Waals surface area contributed by atoms with Crippen molar-refractivity contribution in [1.82, 2.24) is 15.0 Å². The van der Waals surface area contributed by atoms with Crippen LogP contribution in [0.4, 0.5) is 17.8 Å². The molecule has 1 aromatic heterocycles. The molecule has 10 nitrogen and oxygen atoms in total. The zero-order valence-electron chi connectivity index (χ0n) is 8.94. The summed E-state index contributed by atoms with van der Waals surface area (Å²) in [6.45, 7) is 0.720. The van der Waals surface area contributed by atoms with E-state index in [1.165, 1.54) is 0 Å². The molecular weight excluding hydrogens is 232 g/mol. The minimum atomic E-state index is -0.460. The molecule has 0 radical (unpaired) electrons. The molecule has 10 heteroatoms. The van der Waals surface area contributed by atoms with Crippen molar-refractivity contribution < 1.29 is 20.1 Å². The van der Waals surface area contributed by atoms with Gasteiger partial charge in [-0.25, -0.2) is 0 Å². The number of hydrogen-bond acceptors (Lipinski definition) is 10. The molecule has 0 unspecified atom stereocenters. The van der Waals surface area contributed by atoms with Gasteiger partial charge in [-0.2, -0.15) is 15.0 Å². The first-order valence-electron chi connectivity index (χ1n) is 4.33. The summed E-state index contributed by atoms with van der Waals surface area (Å²) in [4.78, 5) is 20.2. The van der Waals surface area contributed by atoms with Gasteiger partial charge in [0.15, 0.2) is 0 Å². The average molecular weight is 246 g/mol. The van der Waals surface area contributed by atoms with E-state index in [4.69, 9.17) is 25.8 Å². The van der Waals surface area contributed by atoms with E-state index in [-0.39, 0.29) is 24.6 Å². The van der Waals surface area contributed by atoms with E-state index in [9.17, 15) is 0 Å². The molecule has 0 saturated heterocycles. The van der Waals surface area contributed by atoms with Crippen molar-refractivity contribution in [1.29, 1.82) is 0 Å². The van der Waals surface area contributed by atoms with Crippen LogP contribution in [0.25, 0.3) is 0 Å². The molecule has 0 aromatic carbocycles. The Morgan fingerprint density at radius 3 is 2.24 bits per heavy atom. The minimum absolute atomic E-state index is 0.0171. The molecule has 0 aliphatic carbocycles. The number of aliphatic hydroxyl groups is 3. The molecule has 1 rings (SSSR count).